The van der Waals surface area contributed by atoms with Gasteiger partial charge in [-0.2, -0.15) is 0 Å². The van der Waals surface area contributed by atoms with Crippen molar-refractivity contribution in [1.29, 1.82) is 0 Å². The fraction of sp³-hybridized carbons (Fsp3) is 0.0556. The molecular formula is C18H15ClNO4PS. The van der Waals surface area contributed by atoms with E-state index in [1.165, 1.54) is 23.5 Å². The van der Waals surface area contributed by atoms with E-state index in [1.54, 1.807) is 47.8 Å². The molecule has 5 nitrogen and oxygen atoms in total. The van der Waals surface area contributed by atoms with E-state index in [9.17, 15) is 19.1 Å². The molecule has 4 N–H and O–H groups in total. The number of hydrogen-bond donors (Lipinski definition) is 3. The highest BCUT2D eigenvalue weighted by atomic mass is 35.5. The Morgan fingerprint density at radius 1 is 1.19 bits per heavy atom. The van der Waals surface area contributed by atoms with Gasteiger partial charge in [-0.15, -0.1) is 11.3 Å². The van der Waals surface area contributed by atoms with E-state index >= 15 is 0 Å². The minimum absolute atomic E-state index is 0.146. The topological polar surface area (TPSA) is 101 Å². The lowest BCUT2D eigenvalue weighted by Gasteiger charge is -2.28. The van der Waals surface area contributed by atoms with Crippen LogP contribution in [0.3, 0.4) is 0 Å². The molecule has 0 bridgehead atoms. The van der Waals surface area contributed by atoms with Crippen LogP contribution in [0.4, 0.5) is 0 Å². The van der Waals surface area contributed by atoms with Crippen LogP contribution in [0.15, 0.2) is 60.0 Å². The van der Waals surface area contributed by atoms with Crippen LogP contribution in [0.1, 0.15) is 11.1 Å². The zero-order valence-corrected chi connectivity index (χ0v) is 15.8. The highest BCUT2D eigenvalue weighted by Crippen LogP contribution is 2.60. The Kier molecular flexibility index (Phi) is 5.06. The molecule has 0 aliphatic carbocycles. The molecule has 26 heavy (non-hydrogen) atoms. The Balaban J connectivity index is 2.30. The first-order chi connectivity index (χ1) is 12.3. The second-order valence-corrected chi connectivity index (χ2v) is 8.85. The average Bonchev–Trinajstić information content (AvgIpc) is 2.98. The van der Waals surface area contributed by atoms with Crippen molar-refractivity contribution >= 4 is 52.6 Å². The van der Waals surface area contributed by atoms with Crippen LogP contribution in [-0.2, 0) is 14.5 Å². The number of primary amides is 1. The molecule has 0 aliphatic heterocycles. The number of hydrogen-bond acceptors (Lipinski definition) is 3. The first-order valence-corrected chi connectivity index (χ1v) is 10.4. The van der Waals surface area contributed by atoms with Crippen LogP contribution in [0.25, 0.3) is 16.2 Å². The predicted octanol–water partition coefficient (Wildman–Crippen LogP) is 4.13. The Morgan fingerprint density at radius 2 is 1.88 bits per heavy atom. The number of nitrogens with two attached hydrogens (primary N) is 1. The lowest BCUT2D eigenvalue weighted by Crippen LogP contribution is -2.39. The number of benzene rings is 2. The molecule has 0 fully saturated rings. The normalized spacial score (nSPS) is 14.6. The summed E-state index contributed by atoms with van der Waals surface area (Å²) in [5.41, 5.74) is 6.36. The summed E-state index contributed by atoms with van der Waals surface area (Å²) in [5, 5.41) is 0.141. The van der Waals surface area contributed by atoms with Crippen LogP contribution < -0.4 is 5.73 Å². The van der Waals surface area contributed by atoms with Gasteiger partial charge in [-0.25, -0.2) is 0 Å². The first kappa shape index (κ1) is 18.8. The summed E-state index contributed by atoms with van der Waals surface area (Å²) in [6.45, 7) is 0. The smallest absolute Gasteiger partial charge is 0.349 e. The second-order valence-electron chi connectivity index (χ2n) is 5.71. The fourth-order valence-corrected chi connectivity index (χ4v) is 5.09. The Hall–Kier alpha value is -1.95. The standard InChI is InChI=1S/C18H15ClNO4PS/c19-13-6-7-16-14(10-13)15(11-26-16)18(17(20)21,25(22,23)24)9-8-12-4-2-1-3-5-12/h1-11H,(H2,20,21)(H2,22,23,24)/b9-8+. The van der Waals surface area contributed by atoms with Crippen molar-refractivity contribution in [3.63, 3.8) is 0 Å². The number of rotatable bonds is 5. The molecule has 3 rings (SSSR count). The third-order valence-corrected chi connectivity index (χ3v) is 6.83. The maximum absolute atomic E-state index is 12.5. The van der Waals surface area contributed by atoms with Gasteiger partial charge in [0, 0.05) is 15.3 Å². The molecule has 1 amide bonds. The van der Waals surface area contributed by atoms with E-state index in [2.05, 4.69) is 0 Å². The van der Waals surface area contributed by atoms with Crippen LogP contribution >= 0.6 is 30.5 Å². The lowest BCUT2D eigenvalue weighted by molar-refractivity contribution is -0.119. The molecule has 0 radical (unpaired) electrons. The second kappa shape index (κ2) is 6.99. The van der Waals surface area contributed by atoms with Crippen LogP contribution in [0, 0.1) is 0 Å². The van der Waals surface area contributed by atoms with E-state index in [-0.39, 0.29) is 5.56 Å². The quantitative estimate of drug-likeness (QED) is 0.553. The minimum atomic E-state index is -5.01. The number of amides is 1. The van der Waals surface area contributed by atoms with Crippen molar-refractivity contribution in [2.75, 3.05) is 0 Å². The molecule has 1 atom stereocenters. The number of carbonyl (C=O) groups is 1. The molecule has 8 heteroatoms. The summed E-state index contributed by atoms with van der Waals surface area (Å²) in [7, 11) is -5.01. The number of fused-ring (bicyclic) bond motifs is 1. The van der Waals surface area contributed by atoms with Gasteiger partial charge in [0.1, 0.15) is 0 Å². The van der Waals surface area contributed by atoms with E-state index in [4.69, 9.17) is 17.3 Å². The van der Waals surface area contributed by atoms with Gasteiger partial charge in [0.2, 0.25) is 5.91 Å². The van der Waals surface area contributed by atoms with Crippen molar-refractivity contribution in [1.82, 2.24) is 0 Å². The van der Waals surface area contributed by atoms with E-state index in [1.807, 2.05) is 6.07 Å². The summed E-state index contributed by atoms with van der Waals surface area (Å²) in [5.74, 6) is -1.13. The Labute approximate surface area is 158 Å². The largest absolute Gasteiger partial charge is 0.368 e. The fourth-order valence-electron chi connectivity index (χ4n) is 2.78. The summed E-state index contributed by atoms with van der Waals surface area (Å²) in [6.07, 6.45) is 2.67. The Morgan fingerprint density at radius 3 is 2.50 bits per heavy atom. The molecule has 0 saturated heterocycles. The molecule has 3 aromatic rings. The minimum Gasteiger partial charge on any atom is -0.368 e. The van der Waals surface area contributed by atoms with E-state index in [0.29, 0.717) is 16.0 Å². The molecular weight excluding hydrogens is 393 g/mol. The molecule has 1 unspecified atom stereocenters. The van der Waals surface area contributed by atoms with Gasteiger partial charge < -0.3 is 15.5 Å². The lowest BCUT2D eigenvalue weighted by atomic mass is 9.95. The maximum atomic E-state index is 12.5. The monoisotopic (exact) mass is 407 g/mol. The van der Waals surface area contributed by atoms with Crippen LogP contribution in [0.2, 0.25) is 5.02 Å². The van der Waals surface area contributed by atoms with E-state index < -0.39 is 18.7 Å². The van der Waals surface area contributed by atoms with Gasteiger partial charge in [0.05, 0.1) is 0 Å². The van der Waals surface area contributed by atoms with Crippen molar-refractivity contribution in [2.45, 2.75) is 5.16 Å². The number of halogens is 1. The highest BCUT2D eigenvalue weighted by molar-refractivity contribution is 7.54. The molecule has 2 aromatic carbocycles. The van der Waals surface area contributed by atoms with Crippen molar-refractivity contribution < 1.29 is 19.1 Å². The predicted molar refractivity (Wildman–Crippen MR) is 105 cm³/mol. The number of thiophene rings is 1. The van der Waals surface area contributed by atoms with Crippen molar-refractivity contribution in [2.24, 2.45) is 5.73 Å². The summed E-state index contributed by atoms with van der Waals surface area (Å²) in [6, 6.07) is 13.9. The molecule has 1 heterocycles. The van der Waals surface area contributed by atoms with Gasteiger partial charge >= 0.3 is 7.60 Å². The van der Waals surface area contributed by atoms with Crippen molar-refractivity contribution in [3.8, 4) is 0 Å². The zero-order valence-electron chi connectivity index (χ0n) is 13.4. The van der Waals surface area contributed by atoms with Gasteiger partial charge in [-0.3, -0.25) is 9.36 Å². The zero-order chi connectivity index (χ0) is 18.9. The summed E-state index contributed by atoms with van der Waals surface area (Å²) in [4.78, 5) is 32.6. The third kappa shape index (κ3) is 3.22. The Bertz CT molecular complexity index is 1040. The SMILES string of the molecule is NC(=O)C(/C=C/c1ccccc1)(c1csc2ccc(Cl)cc12)P(=O)(O)O. The van der Waals surface area contributed by atoms with Crippen molar-refractivity contribution in [3.05, 3.63) is 76.1 Å². The maximum Gasteiger partial charge on any atom is 0.349 e. The van der Waals surface area contributed by atoms with Gasteiger partial charge in [-0.05, 0) is 34.5 Å². The average molecular weight is 408 g/mol. The van der Waals surface area contributed by atoms with Crippen LogP contribution in [-0.4, -0.2) is 15.7 Å². The third-order valence-electron chi connectivity index (χ3n) is 4.10. The van der Waals surface area contributed by atoms with Gasteiger partial charge in [0.15, 0.2) is 5.16 Å². The van der Waals surface area contributed by atoms with Crippen LogP contribution in [0.5, 0.6) is 0 Å². The summed E-state index contributed by atoms with van der Waals surface area (Å²) < 4.78 is 13.2. The van der Waals surface area contributed by atoms with Gasteiger partial charge in [0.25, 0.3) is 0 Å². The molecule has 0 saturated carbocycles. The highest BCUT2D eigenvalue weighted by Gasteiger charge is 2.53. The summed E-state index contributed by atoms with van der Waals surface area (Å²) >= 11 is 7.30. The number of carbonyl (C=O) groups excluding carboxylic acids is 1. The van der Waals surface area contributed by atoms with Gasteiger partial charge in [-0.1, -0.05) is 54.1 Å². The molecule has 0 aliphatic rings. The molecule has 1 aromatic heterocycles. The van der Waals surface area contributed by atoms with E-state index in [0.717, 1.165) is 4.70 Å². The molecule has 0 spiro atoms. The first-order valence-electron chi connectivity index (χ1n) is 7.53. The molecule has 134 valence electrons.